The van der Waals surface area contributed by atoms with Crippen LogP contribution in [0, 0.1) is 21.7 Å². The van der Waals surface area contributed by atoms with E-state index in [9.17, 15) is 0 Å². The molecule has 432 valence electrons. The summed E-state index contributed by atoms with van der Waals surface area (Å²) in [7, 11) is 0. The first-order valence-electron chi connectivity index (χ1n) is 31.2. The monoisotopic (exact) mass is 1100 g/mol. The third-order valence-electron chi connectivity index (χ3n) is 21.5. The van der Waals surface area contributed by atoms with Gasteiger partial charge in [0.1, 0.15) is 0 Å². The zero-order valence-corrected chi connectivity index (χ0v) is 50.4. The molecule has 4 aliphatic heterocycles. The first-order chi connectivity index (χ1) is 39.7. The molecule has 8 nitrogen and oxygen atoms in total. The summed E-state index contributed by atoms with van der Waals surface area (Å²) in [5.41, 5.74) is 23.5. The summed E-state index contributed by atoms with van der Waals surface area (Å²) < 4.78 is 49.2. The average Bonchev–Trinajstić information content (AvgIpc) is 3.91. The highest BCUT2D eigenvalue weighted by Gasteiger charge is 2.47. The lowest BCUT2D eigenvalue weighted by atomic mass is 9.73. The first kappa shape index (κ1) is 56.1. The van der Waals surface area contributed by atoms with Gasteiger partial charge in [0.15, 0.2) is 0 Å². The van der Waals surface area contributed by atoms with Crippen molar-refractivity contribution in [2.75, 3.05) is 99.1 Å². The van der Waals surface area contributed by atoms with Crippen molar-refractivity contribution in [2.24, 2.45) is 21.7 Å². The van der Waals surface area contributed by atoms with Gasteiger partial charge in [-0.25, -0.2) is 0 Å². The van der Waals surface area contributed by atoms with Gasteiger partial charge in [0.05, 0.1) is 99.1 Å². The highest BCUT2D eigenvalue weighted by Crippen LogP contribution is 2.56. The van der Waals surface area contributed by atoms with Crippen LogP contribution in [0.5, 0.6) is 0 Å². The molecule has 0 bridgehead atoms. The van der Waals surface area contributed by atoms with E-state index in [0.717, 1.165) is 124 Å². The van der Waals surface area contributed by atoms with Crippen molar-refractivity contribution >= 4 is 0 Å². The molecular weight excluding hydrogens is 1020 g/mol. The van der Waals surface area contributed by atoms with E-state index in [0.29, 0.717) is 26.4 Å². The van der Waals surface area contributed by atoms with Crippen LogP contribution in [0.3, 0.4) is 0 Å². The van der Waals surface area contributed by atoms with E-state index in [-0.39, 0.29) is 32.5 Å². The highest BCUT2D eigenvalue weighted by molar-refractivity contribution is 5.89. The Bertz CT molecular complexity index is 3330. The van der Waals surface area contributed by atoms with Crippen LogP contribution < -0.4 is 0 Å². The van der Waals surface area contributed by atoms with Crippen molar-refractivity contribution < 1.29 is 37.9 Å². The molecule has 0 N–H and O–H groups in total. The zero-order chi connectivity index (χ0) is 56.5. The van der Waals surface area contributed by atoms with E-state index in [1.165, 1.54) is 100 Å². The van der Waals surface area contributed by atoms with Crippen LogP contribution in [-0.2, 0) is 67.2 Å². The minimum Gasteiger partial charge on any atom is -0.381 e. The van der Waals surface area contributed by atoms with Gasteiger partial charge in [0.25, 0.3) is 0 Å². The summed E-state index contributed by atoms with van der Waals surface area (Å²) in [6.07, 6.45) is 6.97. The van der Waals surface area contributed by atoms with E-state index in [1.807, 2.05) is 0 Å². The molecule has 3 aliphatic carbocycles. The fourth-order valence-electron chi connectivity index (χ4n) is 14.7. The second kappa shape index (κ2) is 21.8. The number of rotatable bonds is 25. The third kappa shape index (κ3) is 9.68. The number of ether oxygens (including phenoxy) is 8. The van der Waals surface area contributed by atoms with Crippen LogP contribution in [0.1, 0.15) is 138 Å². The van der Waals surface area contributed by atoms with E-state index in [4.69, 9.17) is 37.9 Å². The molecule has 4 saturated heterocycles. The van der Waals surface area contributed by atoms with E-state index < -0.39 is 5.41 Å². The van der Waals surface area contributed by atoms with Crippen molar-refractivity contribution in [3.63, 3.8) is 0 Å². The third-order valence-corrected chi connectivity index (χ3v) is 21.5. The fourth-order valence-corrected chi connectivity index (χ4v) is 14.7. The van der Waals surface area contributed by atoms with Crippen molar-refractivity contribution in [3.05, 3.63) is 154 Å². The van der Waals surface area contributed by atoms with Crippen molar-refractivity contribution in [3.8, 4) is 55.6 Å². The van der Waals surface area contributed by atoms with E-state index in [2.05, 4.69) is 165 Å². The van der Waals surface area contributed by atoms with Gasteiger partial charge in [0.2, 0.25) is 0 Å². The van der Waals surface area contributed by atoms with Gasteiger partial charge >= 0.3 is 0 Å². The lowest BCUT2D eigenvalue weighted by molar-refractivity contribution is -0.154. The molecule has 1 unspecified atom stereocenters. The van der Waals surface area contributed by atoms with Crippen LogP contribution in [0.25, 0.3) is 55.6 Å². The standard InChI is InChI=1S/C74H88O8/c1-9-70(40-78-41-70)37-75-28-13-27-74(49-82-48-73(12-4)46-81-47-73)66-34-54(52-16-22-58-56-20-14-50(30-62(56)68(5,6)64(58)32-52)26-29-76-38-71(10-2)42-79-43-71)18-24-60(66)61-25-19-55(35-67(61)74)53-17-23-59-57-21-15-51(31-63(57)69(7,8)65(59)33-53)36-77-39-72(11-3)44-80-45-72/h14-25,30-35H,9-13,26-29,36-49H2,1-8H3. The van der Waals surface area contributed by atoms with Gasteiger partial charge in [-0.1, -0.05) is 140 Å². The zero-order valence-electron chi connectivity index (χ0n) is 50.4. The Morgan fingerprint density at radius 3 is 1.11 bits per heavy atom. The number of hydrogen-bond acceptors (Lipinski definition) is 8. The van der Waals surface area contributed by atoms with Gasteiger partial charge in [-0.2, -0.15) is 0 Å². The topological polar surface area (TPSA) is 73.8 Å². The Morgan fingerprint density at radius 1 is 0.354 bits per heavy atom. The summed E-state index contributed by atoms with van der Waals surface area (Å²) in [5, 5.41) is 0. The maximum atomic E-state index is 7.19. The summed E-state index contributed by atoms with van der Waals surface area (Å²) in [4.78, 5) is 0. The molecule has 0 spiro atoms. The number of fused-ring (bicyclic) bond motifs is 9. The van der Waals surface area contributed by atoms with Gasteiger partial charge in [-0.3, -0.25) is 0 Å². The largest absolute Gasteiger partial charge is 0.381 e. The smallest absolute Gasteiger partial charge is 0.0717 e. The molecule has 0 amide bonds. The average molecular weight is 1110 g/mol. The van der Waals surface area contributed by atoms with Gasteiger partial charge in [-0.05, 0) is 169 Å². The maximum Gasteiger partial charge on any atom is 0.0717 e. The van der Waals surface area contributed by atoms with Crippen molar-refractivity contribution in [1.82, 2.24) is 0 Å². The molecular formula is C74H88O8. The molecule has 0 aromatic heterocycles. The molecule has 0 saturated carbocycles. The summed E-state index contributed by atoms with van der Waals surface area (Å²) in [6.45, 7) is 30.5. The second-order valence-electron chi connectivity index (χ2n) is 27.5. The van der Waals surface area contributed by atoms with Crippen LogP contribution in [-0.4, -0.2) is 99.1 Å². The van der Waals surface area contributed by atoms with Crippen LogP contribution in [0.15, 0.2) is 109 Å². The minimum atomic E-state index is -0.427. The Morgan fingerprint density at radius 2 is 0.695 bits per heavy atom. The predicted molar refractivity (Wildman–Crippen MR) is 328 cm³/mol. The normalized spacial score (nSPS) is 21.7. The number of hydrogen-bond donors (Lipinski definition) is 0. The van der Waals surface area contributed by atoms with Gasteiger partial charge in [-0.15, -0.1) is 0 Å². The second-order valence-corrected chi connectivity index (χ2v) is 27.5. The minimum absolute atomic E-state index is 0.0519. The molecule has 7 aliphatic rings. The quantitative estimate of drug-likeness (QED) is 0.0525. The van der Waals surface area contributed by atoms with Crippen molar-refractivity contribution in [2.45, 2.75) is 123 Å². The van der Waals surface area contributed by atoms with Crippen molar-refractivity contribution in [1.29, 1.82) is 0 Å². The molecule has 13 rings (SSSR count). The lowest BCUT2D eigenvalue weighted by Gasteiger charge is -2.42. The molecule has 82 heavy (non-hydrogen) atoms. The van der Waals surface area contributed by atoms with Crippen LogP contribution in [0.2, 0.25) is 0 Å². The highest BCUT2D eigenvalue weighted by atomic mass is 16.5. The SMILES string of the molecule is CCC1(COCCCC2(COCC3(CC)COC3)c3cc(-c4ccc5c(c4)C(C)(C)c4cc(CCOCC6(CC)COC6)ccc4-5)ccc3-c3ccc(-c4ccc5c(c4)C(C)(C)c4cc(COCC6(CC)COC6)ccc4-5)cc32)COC1. The molecule has 4 fully saturated rings. The first-order valence-corrected chi connectivity index (χ1v) is 31.2. The van der Waals surface area contributed by atoms with Gasteiger partial charge in [0, 0.05) is 44.5 Å². The fraction of sp³-hybridized carbons (Fsp3) is 0.514. The molecule has 0 radical (unpaired) electrons. The number of benzene rings is 6. The maximum absolute atomic E-state index is 7.19. The Labute approximate surface area is 488 Å². The Kier molecular flexibility index (Phi) is 14.9. The molecule has 6 aromatic rings. The van der Waals surface area contributed by atoms with E-state index >= 15 is 0 Å². The van der Waals surface area contributed by atoms with Crippen LogP contribution >= 0.6 is 0 Å². The molecule has 1 atom stereocenters. The summed E-state index contributed by atoms with van der Waals surface area (Å²) in [5.74, 6) is 0. The summed E-state index contributed by atoms with van der Waals surface area (Å²) >= 11 is 0. The lowest BCUT2D eigenvalue weighted by Crippen LogP contribution is -2.46. The molecule has 4 heterocycles. The van der Waals surface area contributed by atoms with Gasteiger partial charge < -0.3 is 37.9 Å². The molecule has 8 heteroatoms. The molecule has 6 aromatic carbocycles. The predicted octanol–water partition coefficient (Wildman–Crippen LogP) is 15.5. The Hall–Kier alpha value is -5.00. The van der Waals surface area contributed by atoms with E-state index in [1.54, 1.807) is 0 Å². The van der Waals surface area contributed by atoms with Crippen LogP contribution in [0.4, 0.5) is 0 Å². The Balaban J connectivity index is 0.826. The summed E-state index contributed by atoms with van der Waals surface area (Å²) in [6, 6.07) is 43.2.